The second-order valence-corrected chi connectivity index (χ2v) is 4.09. The summed E-state index contributed by atoms with van der Waals surface area (Å²) in [5.41, 5.74) is 1.84. The van der Waals surface area contributed by atoms with Crippen LogP contribution in [-0.4, -0.2) is 5.78 Å². The van der Waals surface area contributed by atoms with Gasteiger partial charge in [-0.1, -0.05) is 24.0 Å². The zero-order chi connectivity index (χ0) is 11.9. The summed E-state index contributed by atoms with van der Waals surface area (Å²) in [5, 5.41) is 0. The first-order valence-electron chi connectivity index (χ1n) is 6.00. The van der Waals surface area contributed by atoms with Gasteiger partial charge in [-0.3, -0.25) is 0 Å². The molecule has 0 aromatic heterocycles. The molecule has 3 rings (SSSR count). The number of hydrogen-bond donors (Lipinski definition) is 0. The number of hydrogen-bond acceptors (Lipinski definition) is 1. The van der Waals surface area contributed by atoms with Crippen molar-refractivity contribution < 1.29 is 21.9 Å². The van der Waals surface area contributed by atoms with Crippen LogP contribution in [0.3, 0.4) is 0 Å². The molecule has 2 aromatic carbocycles. The second kappa shape index (κ2) is 7.86. The van der Waals surface area contributed by atoms with E-state index in [0.717, 1.165) is 30.4 Å². The first-order valence-corrected chi connectivity index (χ1v) is 6.00. The molecular formula is C16H16FeO-6. The topological polar surface area (TPSA) is 17.1 Å². The van der Waals surface area contributed by atoms with Crippen molar-refractivity contribution in [3.63, 3.8) is 0 Å². The van der Waals surface area contributed by atoms with Gasteiger partial charge in [0.05, 0.1) is 0 Å². The molecule has 0 atom stereocenters. The minimum Gasteiger partial charge on any atom is -0.748 e. The van der Waals surface area contributed by atoms with E-state index in [1.807, 2.05) is 54.6 Å². The molecule has 0 heterocycles. The van der Waals surface area contributed by atoms with E-state index >= 15 is 0 Å². The molecule has 2 heteroatoms. The van der Waals surface area contributed by atoms with Crippen LogP contribution in [-0.2, 0) is 17.1 Å². The molecule has 1 aliphatic carbocycles. The van der Waals surface area contributed by atoms with Gasteiger partial charge in [-0.25, -0.2) is 0 Å². The molecule has 1 nitrogen and oxygen atoms in total. The van der Waals surface area contributed by atoms with Crippen molar-refractivity contribution in [2.45, 2.75) is 19.3 Å². The van der Waals surface area contributed by atoms with E-state index in [9.17, 15) is 4.79 Å². The van der Waals surface area contributed by atoms with E-state index < -0.39 is 0 Å². The largest absolute Gasteiger partial charge is 0.748 e. The fourth-order valence-corrected chi connectivity index (χ4v) is 1.91. The van der Waals surface area contributed by atoms with Gasteiger partial charge in [-0.05, 0) is 6.42 Å². The molecule has 0 bridgehead atoms. The Morgan fingerprint density at radius 2 is 1.61 bits per heavy atom. The predicted octanol–water partition coefficient (Wildman–Crippen LogP) is 4.10. The van der Waals surface area contributed by atoms with Gasteiger partial charge in [0.1, 0.15) is 5.78 Å². The van der Waals surface area contributed by atoms with Gasteiger partial charge in [0, 0.05) is 17.1 Å². The van der Waals surface area contributed by atoms with E-state index in [1.165, 1.54) is 0 Å². The molecule has 0 spiro atoms. The van der Waals surface area contributed by atoms with Crippen molar-refractivity contribution in [1.29, 1.82) is 0 Å². The average molecular weight is 280 g/mol. The Kier molecular flexibility index (Phi) is 6.41. The molecule has 0 aliphatic heterocycles. The Balaban J connectivity index is 0.000000230. The number of carbonyl (C=O) groups excluding carboxylic acids is 1. The fraction of sp³-hybridized carbons (Fsp3) is 0.188. The third kappa shape index (κ3) is 4.14. The van der Waals surface area contributed by atoms with Crippen molar-refractivity contribution in [2.24, 2.45) is 0 Å². The molecule has 0 N–H and O–H groups in total. The zero-order valence-corrected chi connectivity index (χ0v) is 11.3. The number of ketones is 1. The molecule has 0 amide bonds. The quantitative estimate of drug-likeness (QED) is 0.460. The molecule has 0 fully saturated rings. The fourth-order valence-electron chi connectivity index (χ4n) is 1.91. The predicted molar refractivity (Wildman–Crippen MR) is 70.3 cm³/mol. The number of rotatable bonds is 2. The average Bonchev–Trinajstić information content (AvgIpc) is 3.11. The van der Waals surface area contributed by atoms with Gasteiger partial charge >= 0.3 is 0 Å². The first-order chi connectivity index (χ1) is 8.38. The Labute approximate surface area is 119 Å². The van der Waals surface area contributed by atoms with Gasteiger partial charge in [0.2, 0.25) is 0 Å². The Morgan fingerprint density at radius 1 is 1.06 bits per heavy atom. The zero-order valence-electron chi connectivity index (χ0n) is 10.2. The number of Topliss-reactive ketones (excluding diaryl/α,β-unsaturated/α-hetero) is 1. The summed E-state index contributed by atoms with van der Waals surface area (Å²) in [6, 6.07) is 17.6. The monoisotopic (exact) mass is 280 g/mol. The Hall–Kier alpha value is -1.37. The summed E-state index contributed by atoms with van der Waals surface area (Å²) >= 11 is 0. The summed E-state index contributed by atoms with van der Waals surface area (Å²) in [4.78, 5) is 11.6. The Bertz CT molecular complexity index is 446. The van der Waals surface area contributed by atoms with Crippen molar-refractivity contribution >= 4 is 5.78 Å². The van der Waals surface area contributed by atoms with Crippen LogP contribution in [0.15, 0.2) is 66.2 Å². The summed E-state index contributed by atoms with van der Waals surface area (Å²) < 4.78 is 0. The van der Waals surface area contributed by atoms with Crippen LogP contribution in [0.1, 0.15) is 29.6 Å². The first kappa shape index (κ1) is 14.7. The number of allylic oxidation sites excluding steroid dienone is 2. The molecule has 0 saturated carbocycles. The van der Waals surface area contributed by atoms with Crippen LogP contribution in [0.2, 0.25) is 0 Å². The molecule has 0 saturated heterocycles. The van der Waals surface area contributed by atoms with E-state index in [4.69, 9.17) is 0 Å². The smallest absolute Gasteiger partial charge is 0.108 e. The van der Waals surface area contributed by atoms with Gasteiger partial charge in [0.15, 0.2) is 0 Å². The minimum absolute atomic E-state index is 0. The molecule has 2 aromatic rings. The SMILES string of the molecule is O=C(C1=CCCC1)[c-]1cccc1.[Fe].[cH-]1[cH-][cH-][cH-][cH-]1. The van der Waals surface area contributed by atoms with Crippen LogP contribution in [0, 0.1) is 0 Å². The van der Waals surface area contributed by atoms with Crippen LogP contribution < -0.4 is 0 Å². The third-order valence-corrected chi connectivity index (χ3v) is 2.81. The summed E-state index contributed by atoms with van der Waals surface area (Å²) in [6.45, 7) is 0. The molecule has 100 valence electrons. The summed E-state index contributed by atoms with van der Waals surface area (Å²) in [5.74, 6) is 0.220. The van der Waals surface area contributed by atoms with Crippen molar-refractivity contribution in [3.8, 4) is 0 Å². The maximum Gasteiger partial charge on any atom is 0.108 e. The molecular weight excluding hydrogens is 264 g/mol. The van der Waals surface area contributed by atoms with E-state index in [2.05, 4.69) is 6.08 Å². The van der Waals surface area contributed by atoms with Crippen LogP contribution in [0.4, 0.5) is 0 Å². The van der Waals surface area contributed by atoms with Crippen LogP contribution in [0.5, 0.6) is 0 Å². The van der Waals surface area contributed by atoms with Crippen molar-refractivity contribution in [2.75, 3.05) is 0 Å². The Morgan fingerprint density at radius 3 is 2.06 bits per heavy atom. The summed E-state index contributed by atoms with van der Waals surface area (Å²) in [7, 11) is 0. The van der Waals surface area contributed by atoms with Crippen molar-refractivity contribution in [1.82, 2.24) is 0 Å². The number of carbonyl (C=O) groups is 1. The van der Waals surface area contributed by atoms with Crippen LogP contribution in [0.25, 0.3) is 0 Å². The second-order valence-electron chi connectivity index (χ2n) is 4.09. The van der Waals surface area contributed by atoms with Crippen LogP contribution >= 0.6 is 0 Å². The normalized spacial score (nSPS) is 13.0. The van der Waals surface area contributed by atoms with E-state index in [1.54, 1.807) is 0 Å². The van der Waals surface area contributed by atoms with Gasteiger partial charge in [0.25, 0.3) is 0 Å². The third-order valence-electron chi connectivity index (χ3n) is 2.81. The molecule has 18 heavy (non-hydrogen) atoms. The molecule has 1 aliphatic rings. The minimum atomic E-state index is 0. The summed E-state index contributed by atoms with van der Waals surface area (Å²) in [6.07, 6.45) is 5.24. The van der Waals surface area contributed by atoms with E-state index in [-0.39, 0.29) is 22.9 Å². The van der Waals surface area contributed by atoms with E-state index in [0.29, 0.717) is 0 Å². The molecule has 0 radical (unpaired) electrons. The van der Waals surface area contributed by atoms with Crippen molar-refractivity contribution in [3.05, 3.63) is 71.8 Å². The maximum atomic E-state index is 11.6. The van der Waals surface area contributed by atoms with Gasteiger partial charge in [-0.2, -0.15) is 12.1 Å². The maximum absolute atomic E-state index is 11.6. The molecule has 0 unspecified atom stereocenters. The standard InChI is InChI=1S/C11H11O.C5H5.Fe/c12-11(9-5-1-2-6-9)10-7-3-4-8-10;1-2-4-5-3-1;/h1-2,5-7H,3-4,8H2;1-5H;/q-1;-5;. The van der Waals surface area contributed by atoms with Gasteiger partial charge in [-0.15, -0.1) is 18.2 Å². The van der Waals surface area contributed by atoms with Gasteiger partial charge < -0.3 is 35.1 Å².